The quantitative estimate of drug-likeness (QED) is 0.782. The molecule has 1 atom stereocenters. The smallest absolute Gasteiger partial charge is 0.244 e. The maximum absolute atomic E-state index is 12.6. The number of pyridine rings is 1. The van der Waals surface area contributed by atoms with Crippen LogP contribution in [-0.2, 0) is 10.0 Å². The van der Waals surface area contributed by atoms with E-state index >= 15 is 0 Å². The Hall–Kier alpha value is -1.90. The Morgan fingerprint density at radius 2 is 2.04 bits per heavy atom. The van der Waals surface area contributed by atoms with E-state index in [1.54, 1.807) is 24.5 Å². The SMILES string of the molecule is O=S(=O)(c1ccc(NC(CCO)c2ccco2)nc1)N1CCCCC1. The number of piperidine rings is 1. The number of anilines is 1. The van der Waals surface area contributed by atoms with Crippen molar-refractivity contribution in [1.82, 2.24) is 9.29 Å². The van der Waals surface area contributed by atoms with E-state index in [0.29, 0.717) is 31.1 Å². The summed E-state index contributed by atoms with van der Waals surface area (Å²) in [4.78, 5) is 4.44. The summed E-state index contributed by atoms with van der Waals surface area (Å²) in [5.41, 5.74) is 0. The van der Waals surface area contributed by atoms with Gasteiger partial charge in [-0.3, -0.25) is 0 Å². The summed E-state index contributed by atoms with van der Waals surface area (Å²) in [5, 5.41) is 12.4. The summed E-state index contributed by atoms with van der Waals surface area (Å²) in [7, 11) is -3.48. The van der Waals surface area contributed by atoms with E-state index in [-0.39, 0.29) is 17.5 Å². The van der Waals surface area contributed by atoms with Gasteiger partial charge in [0.2, 0.25) is 10.0 Å². The molecule has 1 fully saturated rings. The van der Waals surface area contributed by atoms with Gasteiger partial charge in [-0.2, -0.15) is 4.31 Å². The molecule has 8 heteroatoms. The van der Waals surface area contributed by atoms with Crippen LogP contribution >= 0.6 is 0 Å². The Bertz CT molecular complexity index is 754. The van der Waals surface area contributed by atoms with Crippen molar-refractivity contribution < 1.29 is 17.9 Å². The molecule has 2 N–H and O–H groups in total. The lowest BCUT2D eigenvalue weighted by Crippen LogP contribution is -2.35. The van der Waals surface area contributed by atoms with Crippen LogP contribution in [0.2, 0.25) is 0 Å². The van der Waals surface area contributed by atoms with Crippen LogP contribution in [0.3, 0.4) is 0 Å². The second-order valence-electron chi connectivity index (χ2n) is 6.07. The van der Waals surface area contributed by atoms with E-state index in [2.05, 4.69) is 10.3 Å². The summed E-state index contributed by atoms with van der Waals surface area (Å²) >= 11 is 0. The number of furan rings is 1. The van der Waals surface area contributed by atoms with Crippen molar-refractivity contribution in [3.8, 4) is 0 Å². The summed E-state index contributed by atoms with van der Waals surface area (Å²) in [6.45, 7) is 1.14. The van der Waals surface area contributed by atoms with E-state index < -0.39 is 10.0 Å². The average molecular weight is 365 g/mol. The molecule has 1 aliphatic rings. The Kier molecular flexibility index (Phi) is 5.72. The molecule has 1 saturated heterocycles. The molecule has 0 aromatic carbocycles. The van der Waals surface area contributed by atoms with E-state index in [1.807, 2.05) is 6.07 Å². The monoisotopic (exact) mass is 365 g/mol. The number of nitrogens with one attached hydrogen (secondary N) is 1. The minimum absolute atomic E-state index is 0.000209. The topological polar surface area (TPSA) is 95.7 Å². The zero-order valence-corrected chi connectivity index (χ0v) is 14.8. The predicted octanol–water partition coefficient (Wildman–Crippen LogP) is 2.38. The summed E-state index contributed by atoms with van der Waals surface area (Å²) in [5.74, 6) is 1.23. The number of sulfonamides is 1. The van der Waals surface area contributed by atoms with E-state index in [9.17, 15) is 13.5 Å². The Labute approximate surface area is 147 Å². The van der Waals surface area contributed by atoms with E-state index in [4.69, 9.17) is 4.42 Å². The Morgan fingerprint density at radius 1 is 1.24 bits per heavy atom. The largest absolute Gasteiger partial charge is 0.467 e. The lowest BCUT2D eigenvalue weighted by molar-refractivity contribution is 0.273. The van der Waals surface area contributed by atoms with Gasteiger partial charge in [0, 0.05) is 25.9 Å². The molecule has 0 saturated carbocycles. The second-order valence-corrected chi connectivity index (χ2v) is 8.01. The summed E-state index contributed by atoms with van der Waals surface area (Å²) in [6, 6.07) is 6.59. The van der Waals surface area contributed by atoms with Gasteiger partial charge >= 0.3 is 0 Å². The third-order valence-electron chi connectivity index (χ3n) is 4.32. The molecule has 0 aliphatic carbocycles. The van der Waals surface area contributed by atoms with Crippen molar-refractivity contribution in [2.24, 2.45) is 0 Å². The van der Waals surface area contributed by atoms with Crippen molar-refractivity contribution in [2.45, 2.75) is 36.6 Å². The minimum atomic E-state index is -3.48. The minimum Gasteiger partial charge on any atom is -0.467 e. The van der Waals surface area contributed by atoms with Crippen LogP contribution < -0.4 is 5.32 Å². The maximum Gasteiger partial charge on any atom is 0.244 e. The molecule has 7 nitrogen and oxygen atoms in total. The highest BCUT2D eigenvalue weighted by molar-refractivity contribution is 7.89. The van der Waals surface area contributed by atoms with Gasteiger partial charge < -0.3 is 14.8 Å². The normalized spacial score (nSPS) is 17.3. The van der Waals surface area contributed by atoms with Crippen LogP contribution in [0, 0.1) is 0 Å². The van der Waals surface area contributed by atoms with Crippen molar-refractivity contribution in [2.75, 3.05) is 25.0 Å². The molecule has 3 rings (SSSR count). The highest BCUT2D eigenvalue weighted by atomic mass is 32.2. The molecule has 1 aliphatic heterocycles. The number of aliphatic hydroxyl groups excluding tert-OH is 1. The van der Waals surface area contributed by atoms with Crippen LogP contribution in [0.1, 0.15) is 37.5 Å². The fraction of sp³-hybridized carbons (Fsp3) is 0.471. The molecule has 1 unspecified atom stereocenters. The van der Waals surface area contributed by atoms with E-state index in [1.165, 1.54) is 10.5 Å². The summed E-state index contributed by atoms with van der Waals surface area (Å²) < 4.78 is 32.2. The fourth-order valence-electron chi connectivity index (χ4n) is 2.96. The van der Waals surface area contributed by atoms with Crippen molar-refractivity contribution in [3.63, 3.8) is 0 Å². The molecule has 136 valence electrons. The average Bonchev–Trinajstić information content (AvgIpc) is 3.17. The maximum atomic E-state index is 12.6. The molecule has 0 spiro atoms. The van der Waals surface area contributed by atoms with Gasteiger partial charge in [-0.25, -0.2) is 13.4 Å². The lowest BCUT2D eigenvalue weighted by Gasteiger charge is -2.25. The van der Waals surface area contributed by atoms with Crippen LogP contribution in [0.5, 0.6) is 0 Å². The lowest BCUT2D eigenvalue weighted by atomic mass is 10.1. The van der Waals surface area contributed by atoms with Crippen molar-refractivity contribution >= 4 is 15.8 Å². The first-order chi connectivity index (χ1) is 12.1. The highest BCUT2D eigenvalue weighted by Gasteiger charge is 2.26. The van der Waals surface area contributed by atoms with Gasteiger partial charge in [0.1, 0.15) is 16.5 Å². The molecular weight excluding hydrogens is 342 g/mol. The molecule has 0 amide bonds. The molecule has 3 heterocycles. The third kappa shape index (κ3) is 4.20. The highest BCUT2D eigenvalue weighted by Crippen LogP contribution is 2.24. The predicted molar refractivity (Wildman–Crippen MR) is 93.6 cm³/mol. The first-order valence-electron chi connectivity index (χ1n) is 8.48. The third-order valence-corrected chi connectivity index (χ3v) is 6.20. The standard InChI is InChI=1S/C17H23N3O4S/c21-11-8-15(16-5-4-12-24-16)19-17-7-6-14(13-18-17)25(22,23)20-9-2-1-3-10-20/h4-7,12-13,15,21H,1-3,8-11H2,(H,18,19). The number of hydrogen-bond acceptors (Lipinski definition) is 6. The van der Waals surface area contributed by atoms with Crippen LogP contribution in [0.25, 0.3) is 0 Å². The van der Waals surface area contributed by atoms with Crippen molar-refractivity contribution in [3.05, 3.63) is 42.5 Å². The van der Waals surface area contributed by atoms with Gasteiger partial charge in [0.05, 0.1) is 12.3 Å². The number of nitrogens with zero attached hydrogens (tertiary/aromatic N) is 2. The Balaban J connectivity index is 1.73. The fourth-order valence-corrected chi connectivity index (χ4v) is 4.42. The van der Waals surface area contributed by atoms with Crippen LogP contribution in [0.4, 0.5) is 5.82 Å². The number of rotatable bonds is 7. The number of aromatic nitrogens is 1. The zero-order valence-electron chi connectivity index (χ0n) is 14.0. The first kappa shape index (κ1) is 17.9. The summed E-state index contributed by atoms with van der Waals surface area (Å²) in [6.07, 6.45) is 6.29. The van der Waals surface area contributed by atoms with Crippen molar-refractivity contribution in [1.29, 1.82) is 0 Å². The van der Waals surface area contributed by atoms with E-state index in [0.717, 1.165) is 19.3 Å². The van der Waals surface area contributed by atoms with Crippen LogP contribution in [0.15, 0.2) is 46.0 Å². The number of hydrogen-bond donors (Lipinski definition) is 2. The first-order valence-corrected chi connectivity index (χ1v) is 9.92. The van der Waals surface area contributed by atoms with Crippen LogP contribution in [-0.4, -0.2) is 42.5 Å². The van der Waals surface area contributed by atoms with Gasteiger partial charge in [0.25, 0.3) is 0 Å². The molecule has 2 aromatic rings. The zero-order chi connectivity index (χ0) is 17.7. The van der Waals surface area contributed by atoms with Gasteiger partial charge in [-0.05, 0) is 43.5 Å². The molecule has 25 heavy (non-hydrogen) atoms. The Morgan fingerprint density at radius 3 is 2.64 bits per heavy atom. The molecule has 0 radical (unpaired) electrons. The molecular formula is C17H23N3O4S. The molecule has 2 aromatic heterocycles. The van der Waals surface area contributed by atoms with Gasteiger partial charge in [-0.1, -0.05) is 6.42 Å². The second kappa shape index (κ2) is 7.99. The van der Waals surface area contributed by atoms with Gasteiger partial charge in [-0.15, -0.1) is 0 Å². The molecule has 0 bridgehead atoms. The number of aliphatic hydroxyl groups is 1. The van der Waals surface area contributed by atoms with Gasteiger partial charge in [0.15, 0.2) is 0 Å².